The molecule has 0 bridgehead atoms. The monoisotopic (exact) mass is 236 g/mol. The summed E-state index contributed by atoms with van der Waals surface area (Å²) in [4.78, 5) is 4.35. The molecule has 1 aromatic rings. The molecule has 0 aromatic heterocycles. The molecule has 1 atom stereocenters. The molecule has 0 heterocycles. The third kappa shape index (κ3) is 4.84. The van der Waals surface area contributed by atoms with Crippen LogP contribution in [0.1, 0.15) is 12.5 Å². The molecule has 0 aliphatic heterocycles. The van der Waals surface area contributed by atoms with Crippen LogP contribution in [0.25, 0.3) is 0 Å². The third-order valence-corrected chi connectivity index (χ3v) is 2.21. The van der Waals surface area contributed by atoms with Crippen LogP contribution in [0.3, 0.4) is 0 Å². The topological polar surface area (TPSA) is 71.7 Å². The van der Waals surface area contributed by atoms with Gasteiger partial charge in [0.25, 0.3) is 0 Å². The number of aliphatic imine (C=N–C) groups is 1. The number of nitrogens with zero attached hydrogens (tertiary/aromatic N) is 1. The molecule has 1 rings (SSSR count). The summed E-state index contributed by atoms with van der Waals surface area (Å²) in [6, 6.07) is 8.04. The fourth-order valence-electron chi connectivity index (χ4n) is 1.38. The van der Waals surface area contributed by atoms with Crippen molar-refractivity contribution in [3.05, 3.63) is 29.8 Å². The van der Waals surface area contributed by atoms with E-state index in [1.54, 1.807) is 7.11 Å². The molecule has 1 aromatic carbocycles. The standard InChI is InChI=1S/C12H20N4O/c1-9-4-6-11(7-5-9)15-12(16-13)14-10(2)8-17-3/h4-7,10H,8,13H2,1-3H3,(H2,14,15,16). The smallest absolute Gasteiger partial charge is 0.210 e. The van der Waals surface area contributed by atoms with Crippen molar-refractivity contribution in [2.24, 2.45) is 10.8 Å². The predicted octanol–water partition coefficient (Wildman–Crippen LogP) is 1.26. The molecule has 0 aliphatic rings. The Morgan fingerprint density at radius 1 is 1.41 bits per heavy atom. The number of hydrogen-bond donors (Lipinski definition) is 3. The minimum Gasteiger partial charge on any atom is -0.382 e. The number of methoxy groups -OCH3 is 1. The van der Waals surface area contributed by atoms with Gasteiger partial charge >= 0.3 is 0 Å². The molecular formula is C12H20N4O. The summed E-state index contributed by atoms with van der Waals surface area (Å²) in [6.45, 7) is 4.55. The van der Waals surface area contributed by atoms with E-state index in [1.165, 1.54) is 5.56 Å². The van der Waals surface area contributed by atoms with Gasteiger partial charge in [-0.25, -0.2) is 10.8 Å². The van der Waals surface area contributed by atoms with Gasteiger partial charge in [-0.15, -0.1) is 0 Å². The first-order valence-electron chi connectivity index (χ1n) is 5.52. The molecule has 5 heteroatoms. The van der Waals surface area contributed by atoms with Gasteiger partial charge in [0, 0.05) is 12.8 Å². The van der Waals surface area contributed by atoms with Crippen LogP contribution >= 0.6 is 0 Å². The van der Waals surface area contributed by atoms with Crippen LogP contribution in [0, 0.1) is 6.92 Å². The number of ether oxygens (including phenoxy) is 1. The lowest BCUT2D eigenvalue weighted by Crippen LogP contribution is -2.37. The number of hydrogen-bond acceptors (Lipinski definition) is 3. The summed E-state index contributed by atoms with van der Waals surface area (Å²) < 4.78 is 5.01. The number of benzene rings is 1. The maximum atomic E-state index is 5.41. The first-order chi connectivity index (χ1) is 8.15. The molecule has 17 heavy (non-hydrogen) atoms. The number of rotatable bonds is 4. The van der Waals surface area contributed by atoms with Gasteiger partial charge < -0.3 is 10.1 Å². The van der Waals surface area contributed by atoms with Crippen molar-refractivity contribution in [1.29, 1.82) is 0 Å². The van der Waals surface area contributed by atoms with E-state index in [0.29, 0.717) is 12.6 Å². The van der Waals surface area contributed by atoms with E-state index < -0.39 is 0 Å². The predicted molar refractivity (Wildman–Crippen MR) is 70.9 cm³/mol. The van der Waals surface area contributed by atoms with Crippen molar-refractivity contribution in [3.63, 3.8) is 0 Å². The average molecular weight is 236 g/mol. The Morgan fingerprint density at radius 2 is 2.06 bits per heavy atom. The van der Waals surface area contributed by atoms with Crippen molar-refractivity contribution >= 4 is 11.6 Å². The summed E-state index contributed by atoms with van der Waals surface area (Å²) in [6.07, 6.45) is 0. The zero-order valence-corrected chi connectivity index (χ0v) is 10.5. The maximum absolute atomic E-state index is 5.41. The molecule has 0 fully saturated rings. The molecule has 0 amide bonds. The molecule has 0 radical (unpaired) electrons. The van der Waals surface area contributed by atoms with E-state index >= 15 is 0 Å². The average Bonchev–Trinajstić information content (AvgIpc) is 2.31. The lowest BCUT2D eigenvalue weighted by Gasteiger charge is -2.12. The van der Waals surface area contributed by atoms with Crippen molar-refractivity contribution in [3.8, 4) is 0 Å². The molecule has 0 saturated carbocycles. The highest BCUT2D eigenvalue weighted by molar-refractivity contribution is 5.93. The second-order valence-electron chi connectivity index (χ2n) is 3.92. The first-order valence-corrected chi connectivity index (χ1v) is 5.52. The molecule has 0 saturated heterocycles. The van der Waals surface area contributed by atoms with Gasteiger partial charge in [-0.1, -0.05) is 17.7 Å². The Balaban J connectivity index is 2.66. The number of guanidine groups is 1. The normalized spacial score (nSPS) is 13.3. The lowest BCUT2D eigenvalue weighted by atomic mass is 10.2. The van der Waals surface area contributed by atoms with Crippen LogP contribution < -0.4 is 16.6 Å². The molecular weight excluding hydrogens is 216 g/mol. The number of aryl methyl sites for hydroxylation is 1. The van der Waals surface area contributed by atoms with Crippen LogP contribution in [-0.4, -0.2) is 25.7 Å². The molecule has 4 N–H and O–H groups in total. The maximum Gasteiger partial charge on any atom is 0.210 e. The SMILES string of the molecule is COCC(C)N=C(NN)Nc1ccc(C)cc1. The number of nitrogens with two attached hydrogens (primary N) is 1. The van der Waals surface area contributed by atoms with E-state index in [1.807, 2.05) is 38.1 Å². The summed E-state index contributed by atoms with van der Waals surface area (Å²) in [5, 5.41) is 3.10. The Hall–Kier alpha value is -1.59. The van der Waals surface area contributed by atoms with Crippen LogP contribution in [0.5, 0.6) is 0 Å². The summed E-state index contributed by atoms with van der Waals surface area (Å²) >= 11 is 0. The Labute approximate surface area is 102 Å². The van der Waals surface area contributed by atoms with Gasteiger partial charge in [-0.3, -0.25) is 5.43 Å². The van der Waals surface area contributed by atoms with E-state index in [9.17, 15) is 0 Å². The zero-order valence-electron chi connectivity index (χ0n) is 10.5. The van der Waals surface area contributed by atoms with E-state index in [-0.39, 0.29) is 6.04 Å². The highest BCUT2D eigenvalue weighted by Crippen LogP contribution is 2.08. The van der Waals surface area contributed by atoms with Gasteiger partial charge in [0.05, 0.1) is 12.6 Å². The minimum atomic E-state index is 0.0454. The summed E-state index contributed by atoms with van der Waals surface area (Å²) in [7, 11) is 1.65. The molecule has 5 nitrogen and oxygen atoms in total. The van der Waals surface area contributed by atoms with Crippen LogP contribution in [0.4, 0.5) is 5.69 Å². The Bertz CT molecular complexity index is 361. The summed E-state index contributed by atoms with van der Waals surface area (Å²) in [5.41, 5.74) is 4.69. The van der Waals surface area contributed by atoms with E-state index in [4.69, 9.17) is 10.6 Å². The van der Waals surface area contributed by atoms with Crippen molar-refractivity contribution < 1.29 is 4.74 Å². The van der Waals surface area contributed by atoms with Gasteiger partial charge in [0.2, 0.25) is 5.96 Å². The lowest BCUT2D eigenvalue weighted by molar-refractivity contribution is 0.185. The second kappa shape index (κ2) is 6.88. The fraction of sp³-hybridized carbons (Fsp3) is 0.417. The number of hydrazine groups is 1. The van der Waals surface area contributed by atoms with E-state index in [0.717, 1.165) is 5.69 Å². The first kappa shape index (κ1) is 13.5. The largest absolute Gasteiger partial charge is 0.382 e. The van der Waals surface area contributed by atoms with Crippen molar-refractivity contribution in [2.45, 2.75) is 19.9 Å². The van der Waals surface area contributed by atoms with Gasteiger partial charge in [0.15, 0.2) is 0 Å². The third-order valence-electron chi connectivity index (χ3n) is 2.21. The quantitative estimate of drug-likeness (QED) is 0.318. The molecule has 94 valence electrons. The molecule has 0 spiro atoms. The van der Waals surface area contributed by atoms with Gasteiger partial charge in [-0.2, -0.15) is 0 Å². The van der Waals surface area contributed by atoms with Crippen LogP contribution in [0.2, 0.25) is 0 Å². The second-order valence-corrected chi connectivity index (χ2v) is 3.92. The molecule has 1 unspecified atom stereocenters. The van der Waals surface area contributed by atoms with Crippen molar-refractivity contribution in [1.82, 2.24) is 5.43 Å². The Kier molecular flexibility index (Phi) is 5.45. The highest BCUT2D eigenvalue weighted by Gasteiger charge is 2.02. The Morgan fingerprint density at radius 3 is 2.59 bits per heavy atom. The summed E-state index contributed by atoms with van der Waals surface area (Å²) in [5.74, 6) is 5.94. The highest BCUT2D eigenvalue weighted by atomic mass is 16.5. The number of anilines is 1. The van der Waals surface area contributed by atoms with E-state index in [2.05, 4.69) is 15.7 Å². The van der Waals surface area contributed by atoms with Crippen LogP contribution in [-0.2, 0) is 4.74 Å². The van der Waals surface area contributed by atoms with Crippen molar-refractivity contribution in [2.75, 3.05) is 19.0 Å². The minimum absolute atomic E-state index is 0.0454. The van der Waals surface area contributed by atoms with Crippen LogP contribution in [0.15, 0.2) is 29.3 Å². The number of nitrogens with one attached hydrogen (secondary N) is 2. The van der Waals surface area contributed by atoms with Gasteiger partial charge in [0.1, 0.15) is 0 Å². The fourth-order valence-corrected chi connectivity index (χ4v) is 1.38. The zero-order chi connectivity index (χ0) is 12.7. The molecule has 0 aliphatic carbocycles. The van der Waals surface area contributed by atoms with Gasteiger partial charge in [-0.05, 0) is 26.0 Å².